The van der Waals surface area contributed by atoms with E-state index in [-0.39, 0.29) is 35.1 Å². The van der Waals surface area contributed by atoms with E-state index >= 15 is 0 Å². The largest absolute Gasteiger partial charge is 0.458 e. The van der Waals surface area contributed by atoms with E-state index in [0.717, 1.165) is 0 Å². The quantitative estimate of drug-likeness (QED) is 0.215. The molecule has 0 aromatic carbocycles. The first-order valence-corrected chi connectivity index (χ1v) is 17.2. The number of carbonyl (C=O) groups is 1. The lowest BCUT2D eigenvalue weighted by Gasteiger charge is -2.45. The highest BCUT2D eigenvalue weighted by Gasteiger charge is 2.66. The van der Waals surface area contributed by atoms with Crippen molar-refractivity contribution in [3.8, 4) is 0 Å². The summed E-state index contributed by atoms with van der Waals surface area (Å²) >= 11 is 0. The second kappa shape index (κ2) is 8.79. The Morgan fingerprint density at radius 3 is 2.20 bits per heavy atom. The van der Waals surface area contributed by atoms with E-state index in [2.05, 4.69) is 60.1 Å². The minimum Gasteiger partial charge on any atom is -0.458 e. The number of hydrogen-bond donors (Lipinski definition) is 0. The molecule has 174 valence electrons. The third-order valence-electron chi connectivity index (χ3n) is 6.85. The van der Waals surface area contributed by atoms with Crippen molar-refractivity contribution in [1.82, 2.24) is 0 Å². The third kappa shape index (κ3) is 4.78. The molecule has 1 heterocycles. The Kier molecular flexibility index (Phi) is 7.54. The average molecular weight is 459 g/mol. The van der Waals surface area contributed by atoms with E-state index in [1.165, 1.54) is 0 Å². The second-order valence-electron chi connectivity index (χ2n) is 11.1. The van der Waals surface area contributed by atoms with Crippen LogP contribution in [0.1, 0.15) is 33.6 Å². The smallest absolute Gasteiger partial charge is 0.338 e. The van der Waals surface area contributed by atoms with Crippen LogP contribution in [0.3, 0.4) is 0 Å². The van der Waals surface area contributed by atoms with Crippen molar-refractivity contribution >= 4 is 22.6 Å². The molecule has 1 saturated heterocycles. The fourth-order valence-electron chi connectivity index (χ4n) is 4.60. The van der Waals surface area contributed by atoms with Crippen LogP contribution in [0, 0.1) is 11.8 Å². The molecule has 1 aliphatic heterocycles. The number of ether oxygens (including phenoxy) is 3. The molecular weight excluding hydrogens is 416 g/mol. The summed E-state index contributed by atoms with van der Waals surface area (Å²) < 4.78 is 31.0. The van der Waals surface area contributed by atoms with Crippen molar-refractivity contribution in [3.05, 3.63) is 12.7 Å². The van der Waals surface area contributed by atoms with Gasteiger partial charge in [0.15, 0.2) is 28.5 Å². The molecule has 0 aromatic heterocycles. The van der Waals surface area contributed by atoms with Gasteiger partial charge in [0.1, 0.15) is 6.10 Å². The molecular formula is C22H42O6Si2. The molecule has 0 radical (unpaired) electrons. The lowest BCUT2D eigenvalue weighted by molar-refractivity contribution is -0.190. The molecule has 0 unspecified atom stereocenters. The molecule has 2 bridgehead atoms. The average Bonchev–Trinajstić information content (AvgIpc) is 2.88. The summed E-state index contributed by atoms with van der Waals surface area (Å²) in [5, 5.41) is 0.0287. The van der Waals surface area contributed by atoms with Crippen molar-refractivity contribution in [2.45, 2.75) is 95.5 Å². The molecule has 30 heavy (non-hydrogen) atoms. The van der Waals surface area contributed by atoms with Crippen molar-refractivity contribution in [3.63, 3.8) is 0 Å². The summed E-state index contributed by atoms with van der Waals surface area (Å²) in [6.45, 7) is 21.3. The van der Waals surface area contributed by atoms with Crippen LogP contribution in [-0.4, -0.2) is 60.9 Å². The van der Waals surface area contributed by atoms with E-state index < -0.39 is 28.5 Å². The van der Waals surface area contributed by atoms with Crippen LogP contribution in [0.25, 0.3) is 0 Å². The summed E-state index contributed by atoms with van der Waals surface area (Å²) in [6.07, 6.45) is 1.71. The summed E-state index contributed by atoms with van der Waals surface area (Å²) in [5.41, 5.74) is -1.08. The van der Waals surface area contributed by atoms with Crippen LogP contribution in [0.5, 0.6) is 0 Å². The number of rotatable bonds is 9. The number of carbonyl (C=O) groups excluding carboxylic acids is 1. The Morgan fingerprint density at radius 1 is 1.20 bits per heavy atom. The first-order chi connectivity index (χ1) is 13.6. The number of methoxy groups -OCH3 is 2. The van der Waals surface area contributed by atoms with Gasteiger partial charge in [-0.05, 0) is 44.2 Å². The monoisotopic (exact) mass is 458 g/mol. The number of hydrogen-bond acceptors (Lipinski definition) is 6. The van der Waals surface area contributed by atoms with Crippen LogP contribution in [0.4, 0.5) is 0 Å². The minimum atomic E-state index is -2.13. The van der Waals surface area contributed by atoms with E-state index in [0.29, 0.717) is 12.8 Å². The maximum absolute atomic E-state index is 13.4. The molecule has 2 rings (SSSR count). The van der Waals surface area contributed by atoms with Gasteiger partial charge < -0.3 is 23.1 Å². The summed E-state index contributed by atoms with van der Waals surface area (Å²) in [7, 11) is -0.941. The molecule has 0 aromatic rings. The van der Waals surface area contributed by atoms with Gasteiger partial charge in [-0.1, -0.05) is 26.8 Å². The van der Waals surface area contributed by atoms with Crippen LogP contribution in [0.2, 0.25) is 37.8 Å². The van der Waals surface area contributed by atoms with Gasteiger partial charge in [0.25, 0.3) is 0 Å². The topological polar surface area (TPSA) is 63.2 Å². The lowest BCUT2D eigenvalue weighted by atomic mass is 9.76. The Hall–Kier alpha value is -0.516. The molecule has 1 aliphatic carbocycles. The van der Waals surface area contributed by atoms with Gasteiger partial charge in [-0.2, -0.15) is 0 Å². The predicted molar refractivity (Wildman–Crippen MR) is 123 cm³/mol. The molecule has 0 spiro atoms. The van der Waals surface area contributed by atoms with Gasteiger partial charge in [-0.15, -0.1) is 6.58 Å². The highest BCUT2D eigenvalue weighted by molar-refractivity contribution is 6.74. The lowest BCUT2D eigenvalue weighted by Crippen LogP contribution is -2.58. The third-order valence-corrected chi connectivity index (χ3v) is 12.3. The highest BCUT2D eigenvalue weighted by Crippen LogP contribution is 2.54. The number of fused-ring (bicyclic) bond motifs is 2. The van der Waals surface area contributed by atoms with Gasteiger partial charge in [-0.25, -0.2) is 4.79 Å². The maximum atomic E-state index is 13.4. The molecule has 8 heteroatoms. The van der Waals surface area contributed by atoms with Gasteiger partial charge in [0, 0.05) is 32.5 Å². The Labute approximate surface area is 184 Å². The summed E-state index contributed by atoms with van der Waals surface area (Å²) in [4.78, 5) is 13.4. The molecule has 0 N–H and O–H groups in total. The first kappa shape index (κ1) is 25.7. The van der Waals surface area contributed by atoms with E-state index in [1.807, 2.05) is 0 Å². The summed E-state index contributed by atoms with van der Waals surface area (Å²) in [5.74, 6) is -0.613. The summed E-state index contributed by atoms with van der Waals surface area (Å²) in [6, 6.07) is 0. The first-order valence-electron chi connectivity index (χ1n) is 10.9. The van der Waals surface area contributed by atoms with Crippen molar-refractivity contribution in [1.29, 1.82) is 0 Å². The predicted octanol–water partition coefficient (Wildman–Crippen LogP) is 4.72. The zero-order valence-electron chi connectivity index (χ0n) is 20.5. The zero-order valence-corrected chi connectivity index (χ0v) is 22.5. The number of esters is 1. The van der Waals surface area contributed by atoms with Crippen LogP contribution in [0.15, 0.2) is 12.7 Å². The van der Waals surface area contributed by atoms with Crippen LogP contribution < -0.4 is 0 Å². The molecule has 0 amide bonds. The normalized spacial score (nSPS) is 32.4. The van der Waals surface area contributed by atoms with Gasteiger partial charge in [-0.3, -0.25) is 0 Å². The van der Waals surface area contributed by atoms with Gasteiger partial charge in [0.2, 0.25) is 0 Å². The van der Waals surface area contributed by atoms with Crippen molar-refractivity contribution < 1.29 is 27.9 Å². The standard InChI is InChI=1S/C22H42O6Si2/c1-12-13-22(28-29(7,8)9)15-14-16(26-20(22)23)18(17(15)19(24-5)25-6)27-30(10,11)21(2,3)4/h12,15-19H,1,13-14H2,2-11H3/t15-,16+,17+,18+,22+/m1/s1. The van der Waals surface area contributed by atoms with Crippen LogP contribution >= 0.6 is 0 Å². The second-order valence-corrected chi connectivity index (χ2v) is 20.3. The molecule has 2 fully saturated rings. The van der Waals surface area contributed by atoms with Crippen molar-refractivity contribution in [2.24, 2.45) is 11.8 Å². The SMILES string of the molecule is C=CC[C@@]1(O[Si](C)(C)C)C(=O)O[C@H]2C[C@@H]1[C@H](C(OC)OC)[C@H]2O[Si](C)(C)C(C)(C)C. The van der Waals surface area contributed by atoms with Gasteiger partial charge >= 0.3 is 5.97 Å². The maximum Gasteiger partial charge on any atom is 0.338 e. The van der Waals surface area contributed by atoms with E-state index in [1.54, 1.807) is 20.3 Å². The molecule has 1 saturated carbocycles. The Bertz CT molecular complexity index is 635. The molecule has 6 nitrogen and oxygen atoms in total. The Balaban J connectivity index is 2.56. The van der Waals surface area contributed by atoms with Gasteiger partial charge in [0.05, 0.1) is 6.10 Å². The van der Waals surface area contributed by atoms with Crippen LogP contribution in [-0.2, 0) is 27.9 Å². The fraction of sp³-hybridized carbons (Fsp3) is 0.864. The van der Waals surface area contributed by atoms with E-state index in [4.69, 9.17) is 23.1 Å². The molecule has 2 aliphatic rings. The molecule has 5 atom stereocenters. The zero-order chi connectivity index (χ0) is 23.1. The fourth-order valence-corrected chi connectivity index (χ4v) is 7.36. The Morgan fingerprint density at radius 2 is 1.77 bits per heavy atom. The highest BCUT2D eigenvalue weighted by atomic mass is 28.4. The van der Waals surface area contributed by atoms with E-state index in [9.17, 15) is 4.79 Å². The minimum absolute atomic E-state index is 0.0287. The van der Waals surface area contributed by atoms with Crippen molar-refractivity contribution in [2.75, 3.05) is 14.2 Å².